The van der Waals surface area contributed by atoms with E-state index in [1.165, 1.54) is 0 Å². The quantitative estimate of drug-likeness (QED) is 0.849. The fraction of sp³-hybridized carbons (Fsp3) is 0.312. The Morgan fingerprint density at radius 2 is 1.95 bits per heavy atom. The van der Waals surface area contributed by atoms with Gasteiger partial charge in [0.25, 0.3) is 0 Å². The number of aliphatic hydroxyl groups is 1. The Morgan fingerprint density at radius 3 is 2.60 bits per heavy atom. The first-order chi connectivity index (χ1) is 9.69. The Balaban J connectivity index is 1.97. The van der Waals surface area contributed by atoms with Crippen LogP contribution in [0, 0.1) is 0 Å². The second-order valence-electron chi connectivity index (χ2n) is 4.86. The SMILES string of the molecule is CC(C)Oc1ccc(CNc2cnccc2CO)cc1. The normalized spacial score (nSPS) is 10.6. The van der Waals surface area contributed by atoms with E-state index in [1.807, 2.05) is 44.2 Å². The Kier molecular flexibility index (Phi) is 4.96. The van der Waals surface area contributed by atoms with Gasteiger partial charge in [-0.25, -0.2) is 0 Å². The fourth-order valence-corrected chi connectivity index (χ4v) is 1.88. The third kappa shape index (κ3) is 3.96. The largest absolute Gasteiger partial charge is 0.491 e. The second kappa shape index (κ2) is 6.91. The summed E-state index contributed by atoms with van der Waals surface area (Å²) in [4.78, 5) is 4.06. The molecule has 1 heterocycles. The lowest BCUT2D eigenvalue weighted by atomic mass is 10.2. The Morgan fingerprint density at radius 1 is 1.20 bits per heavy atom. The molecule has 0 unspecified atom stereocenters. The minimum absolute atomic E-state index is 0.00597. The van der Waals surface area contributed by atoms with Crippen molar-refractivity contribution in [1.82, 2.24) is 4.98 Å². The average molecular weight is 272 g/mol. The summed E-state index contributed by atoms with van der Waals surface area (Å²) >= 11 is 0. The molecule has 20 heavy (non-hydrogen) atoms. The van der Waals surface area contributed by atoms with Gasteiger partial charge < -0.3 is 15.2 Å². The summed E-state index contributed by atoms with van der Waals surface area (Å²) in [7, 11) is 0. The highest BCUT2D eigenvalue weighted by molar-refractivity contribution is 5.49. The minimum Gasteiger partial charge on any atom is -0.491 e. The first-order valence-corrected chi connectivity index (χ1v) is 6.72. The van der Waals surface area contributed by atoms with Gasteiger partial charge in [0.15, 0.2) is 0 Å². The van der Waals surface area contributed by atoms with Gasteiger partial charge in [-0.1, -0.05) is 12.1 Å². The van der Waals surface area contributed by atoms with Crippen molar-refractivity contribution >= 4 is 5.69 Å². The summed E-state index contributed by atoms with van der Waals surface area (Å²) in [5.74, 6) is 0.876. The zero-order valence-corrected chi connectivity index (χ0v) is 11.8. The summed E-state index contributed by atoms with van der Waals surface area (Å²) in [5.41, 5.74) is 2.85. The van der Waals surface area contributed by atoms with E-state index >= 15 is 0 Å². The van der Waals surface area contributed by atoms with Gasteiger partial charge in [-0.2, -0.15) is 0 Å². The van der Waals surface area contributed by atoms with Gasteiger partial charge in [0.1, 0.15) is 5.75 Å². The molecular formula is C16H20N2O2. The van der Waals surface area contributed by atoms with E-state index < -0.39 is 0 Å². The zero-order chi connectivity index (χ0) is 14.4. The molecule has 0 atom stereocenters. The monoisotopic (exact) mass is 272 g/mol. The lowest BCUT2D eigenvalue weighted by molar-refractivity contribution is 0.242. The van der Waals surface area contributed by atoms with Gasteiger partial charge in [-0.3, -0.25) is 4.98 Å². The number of rotatable bonds is 6. The molecule has 0 aliphatic rings. The van der Waals surface area contributed by atoms with Crippen LogP contribution in [0.25, 0.3) is 0 Å². The number of anilines is 1. The summed E-state index contributed by atoms with van der Waals surface area (Å²) in [5, 5.41) is 12.5. The van der Waals surface area contributed by atoms with E-state index in [2.05, 4.69) is 10.3 Å². The van der Waals surface area contributed by atoms with Crippen molar-refractivity contribution in [3.63, 3.8) is 0 Å². The average Bonchev–Trinajstić information content (AvgIpc) is 2.46. The fourth-order valence-electron chi connectivity index (χ4n) is 1.88. The van der Waals surface area contributed by atoms with Gasteiger partial charge in [-0.05, 0) is 37.6 Å². The maximum Gasteiger partial charge on any atom is 0.119 e. The van der Waals surface area contributed by atoms with Gasteiger partial charge in [0.05, 0.1) is 24.6 Å². The molecule has 1 aromatic heterocycles. The summed E-state index contributed by atoms with van der Waals surface area (Å²) in [6, 6.07) is 9.79. The van der Waals surface area contributed by atoms with Crippen LogP contribution in [-0.4, -0.2) is 16.2 Å². The van der Waals surface area contributed by atoms with E-state index in [9.17, 15) is 5.11 Å². The lowest BCUT2D eigenvalue weighted by Crippen LogP contribution is -2.06. The number of aliphatic hydroxyl groups excluding tert-OH is 1. The maximum atomic E-state index is 9.25. The number of aromatic nitrogens is 1. The van der Waals surface area contributed by atoms with Crippen LogP contribution in [0.2, 0.25) is 0 Å². The van der Waals surface area contributed by atoms with Gasteiger partial charge in [-0.15, -0.1) is 0 Å². The molecule has 106 valence electrons. The van der Waals surface area contributed by atoms with Crippen molar-refractivity contribution < 1.29 is 9.84 Å². The highest BCUT2D eigenvalue weighted by Crippen LogP contribution is 2.17. The van der Waals surface area contributed by atoms with Crippen LogP contribution in [0.4, 0.5) is 5.69 Å². The smallest absolute Gasteiger partial charge is 0.119 e. The molecule has 0 radical (unpaired) electrons. The molecule has 0 spiro atoms. The standard InChI is InChI=1S/C16H20N2O2/c1-12(2)20-15-5-3-13(4-6-15)9-18-16-10-17-8-7-14(16)11-19/h3-8,10,12,18-19H,9,11H2,1-2H3. The molecule has 1 aromatic carbocycles. The molecule has 4 heteroatoms. The molecule has 0 saturated heterocycles. The van der Waals surface area contributed by atoms with Gasteiger partial charge >= 0.3 is 0 Å². The van der Waals surface area contributed by atoms with Gasteiger partial charge in [0, 0.05) is 18.3 Å². The number of hydrogen-bond acceptors (Lipinski definition) is 4. The van der Waals surface area contributed by atoms with Crippen molar-refractivity contribution in [2.75, 3.05) is 5.32 Å². The summed E-state index contributed by atoms with van der Waals surface area (Å²) in [6.45, 7) is 4.70. The first kappa shape index (κ1) is 14.3. The lowest BCUT2D eigenvalue weighted by Gasteiger charge is -2.12. The molecule has 4 nitrogen and oxygen atoms in total. The number of ether oxygens (including phenoxy) is 1. The van der Waals surface area contributed by atoms with Crippen molar-refractivity contribution in [3.05, 3.63) is 53.9 Å². The zero-order valence-electron chi connectivity index (χ0n) is 11.8. The van der Waals surface area contributed by atoms with Gasteiger partial charge in [0.2, 0.25) is 0 Å². The molecule has 0 amide bonds. The van der Waals surface area contributed by atoms with Crippen LogP contribution in [0.15, 0.2) is 42.7 Å². The highest BCUT2D eigenvalue weighted by Gasteiger charge is 2.02. The number of hydrogen-bond donors (Lipinski definition) is 2. The third-order valence-electron chi connectivity index (χ3n) is 2.86. The number of pyridine rings is 1. The van der Waals surface area contributed by atoms with E-state index in [4.69, 9.17) is 4.74 Å². The van der Waals surface area contributed by atoms with Crippen LogP contribution in [-0.2, 0) is 13.2 Å². The van der Waals surface area contributed by atoms with Crippen LogP contribution in [0.1, 0.15) is 25.0 Å². The molecule has 0 fully saturated rings. The van der Waals surface area contributed by atoms with Crippen molar-refractivity contribution in [3.8, 4) is 5.75 Å². The summed E-state index contributed by atoms with van der Waals surface area (Å²) < 4.78 is 5.60. The topological polar surface area (TPSA) is 54.4 Å². The van der Waals surface area contributed by atoms with E-state index in [0.29, 0.717) is 6.54 Å². The second-order valence-corrected chi connectivity index (χ2v) is 4.86. The van der Waals surface area contributed by atoms with Crippen molar-refractivity contribution in [2.24, 2.45) is 0 Å². The van der Waals surface area contributed by atoms with Crippen LogP contribution < -0.4 is 10.1 Å². The molecule has 0 bridgehead atoms. The minimum atomic E-state index is 0.00597. The predicted molar refractivity (Wildman–Crippen MR) is 79.7 cm³/mol. The molecule has 2 rings (SSSR count). The molecule has 0 aliphatic carbocycles. The highest BCUT2D eigenvalue weighted by atomic mass is 16.5. The van der Waals surface area contributed by atoms with E-state index in [0.717, 1.165) is 22.6 Å². The van der Waals surface area contributed by atoms with Crippen LogP contribution >= 0.6 is 0 Å². The molecular weight excluding hydrogens is 252 g/mol. The molecule has 2 N–H and O–H groups in total. The van der Waals surface area contributed by atoms with Crippen LogP contribution in [0.5, 0.6) is 5.75 Å². The van der Waals surface area contributed by atoms with Crippen molar-refractivity contribution in [2.45, 2.75) is 33.1 Å². The third-order valence-corrected chi connectivity index (χ3v) is 2.86. The maximum absolute atomic E-state index is 9.25. The number of benzene rings is 1. The van der Waals surface area contributed by atoms with Crippen LogP contribution in [0.3, 0.4) is 0 Å². The number of nitrogens with one attached hydrogen (secondary N) is 1. The molecule has 0 aliphatic heterocycles. The Bertz CT molecular complexity index is 538. The number of nitrogens with zero attached hydrogens (tertiary/aromatic N) is 1. The van der Waals surface area contributed by atoms with Crippen molar-refractivity contribution in [1.29, 1.82) is 0 Å². The molecule has 2 aromatic rings. The van der Waals surface area contributed by atoms with E-state index in [1.54, 1.807) is 12.4 Å². The predicted octanol–water partition coefficient (Wildman–Crippen LogP) is 2.97. The Labute approximate surface area is 119 Å². The first-order valence-electron chi connectivity index (χ1n) is 6.72. The Hall–Kier alpha value is -2.07. The van der Waals surface area contributed by atoms with E-state index in [-0.39, 0.29) is 12.7 Å². The summed E-state index contributed by atoms with van der Waals surface area (Å²) in [6.07, 6.45) is 3.58. The molecule has 0 saturated carbocycles.